The van der Waals surface area contributed by atoms with Crippen molar-refractivity contribution in [1.29, 1.82) is 0 Å². The van der Waals surface area contributed by atoms with Crippen LogP contribution < -0.4 is 16.0 Å². The van der Waals surface area contributed by atoms with Gasteiger partial charge in [-0.25, -0.2) is 4.79 Å². The summed E-state index contributed by atoms with van der Waals surface area (Å²) < 4.78 is 2.66. The minimum atomic E-state index is -1.82. The van der Waals surface area contributed by atoms with Crippen molar-refractivity contribution in [3.05, 3.63) is 29.3 Å². The van der Waals surface area contributed by atoms with E-state index < -0.39 is 16.1 Å². The number of aryl methyl sites for hydroxylation is 2. The summed E-state index contributed by atoms with van der Waals surface area (Å²) >= 11 is 22.6. The van der Waals surface area contributed by atoms with Crippen LogP contribution in [0.3, 0.4) is 0 Å². The molecule has 0 unspecified atom stereocenters. The molecule has 0 aliphatic rings. The van der Waals surface area contributed by atoms with E-state index in [0.717, 1.165) is 16.8 Å². The minimum Gasteiger partial charge on any atom is -0.453 e. The number of anilines is 1. The second-order valence-electron chi connectivity index (χ2n) is 4.53. The highest BCUT2D eigenvalue weighted by Gasteiger charge is 2.35. The number of methoxy groups -OCH3 is 1. The van der Waals surface area contributed by atoms with Gasteiger partial charge in [-0.15, -0.1) is 0 Å². The zero-order valence-electron chi connectivity index (χ0n) is 12.2. The van der Waals surface area contributed by atoms with Crippen LogP contribution in [0.1, 0.15) is 11.1 Å². The van der Waals surface area contributed by atoms with Crippen molar-refractivity contribution in [3.63, 3.8) is 0 Å². The molecule has 0 heterocycles. The van der Waals surface area contributed by atoms with Gasteiger partial charge in [0.05, 0.1) is 7.11 Å². The summed E-state index contributed by atoms with van der Waals surface area (Å²) in [6.07, 6.45) is -1.81. The Morgan fingerprint density at radius 1 is 1.27 bits per heavy atom. The largest absolute Gasteiger partial charge is 0.453 e. The van der Waals surface area contributed by atoms with Crippen molar-refractivity contribution in [2.75, 3.05) is 12.4 Å². The summed E-state index contributed by atoms with van der Waals surface area (Å²) in [5.74, 6) is 0. The van der Waals surface area contributed by atoms with Crippen LogP contribution in [0.5, 0.6) is 0 Å². The highest BCUT2D eigenvalue weighted by Crippen LogP contribution is 2.29. The number of halogens is 3. The molecule has 3 N–H and O–H groups in total. The molecule has 122 valence electrons. The maximum Gasteiger partial charge on any atom is 0.408 e. The molecule has 0 fully saturated rings. The second kappa shape index (κ2) is 8.06. The van der Waals surface area contributed by atoms with Crippen molar-refractivity contribution in [2.24, 2.45) is 0 Å². The number of alkyl halides is 3. The van der Waals surface area contributed by atoms with Gasteiger partial charge in [-0.2, -0.15) is 0 Å². The highest BCUT2D eigenvalue weighted by atomic mass is 35.6. The minimum absolute atomic E-state index is 0.194. The summed E-state index contributed by atoms with van der Waals surface area (Å²) in [6.45, 7) is 3.93. The molecular weight excluding hydrogens is 369 g/mol. The topological polar surface area (TPSA) is 62.4 Å². The van der Waals surface area contributed by atoms with Crippen LogP contribution in [0.4, 0.5) is 10.5 Å². The first-order valence-electron chi connectivity index (χ1n) is 6.19. The standard InChI is InChI=1S/C13H16Cl3N3O2S/c1-7-4-5-9(8(2)6-7)17-11(22)18-10(13(14,15)16)19-12(20)21-3/h4-6,10H,1-3H3,(H,19,20)(H2,17,18,22)/t10-/m1/s1. The van der Waals surface area contributed by atoms with E-state index in [4.69, 9.17) is 47.0 Å². The fraction of sp³-hybridized carbons (Fsp3) is 0.385. The zero-order valence-corrected chi connectivity index (χ0v) is 15.3. The molecule has 22 heavy (non-hydrogen) atoms. The first-order chi connectivity index (χ1) is 10.1. The molecular formula is C13H16Cl3N3O2S. The molecule has 5 nitrogen and oxygen atoms in total. The van der Waals surface area contributed by atoms with Gasteiger partial charge >= 0.3 is 6.09 Å². The Hall–Kier alpha value is -0.950. The van der Waals surface area contributed by atoms with Crippen LogP contribution in [0.25, 0.3) is 0 Å². The first-order valence-corrected chi connectivity index (χ1v) is 7.73. The van der Waals surface area contributed by atoms with E-state index in [1.165, 1.54) is 7.11 Å². The molecule has 0 aliphatic heterocycles. The van der Waals surface area contributed by atoms with E-state index in [-0.39, 0.29) is 5.11 Å². The summed E-state index contributed by atoms with van der Waals surface area (Å²) in [7, 11) is 1.21. The van der Waals surface area contributed by atoms with Crippen molar-refractivity contribution in [1.82, 2.24) is 10.6 Å². The molecule has 1 rings (SSSR count). The fourth-order valence-corrected chi connectivity index (χ4v) is 2.17. The molecule has 9 heteroatoms. The number of hydrogen-bond donors (Lipinski definition) is 3. The van der Waals surface area contributed by atoms with E-state index >= 15 is 0 Å². The average molecular weight is 385 g/mol. The Labute approximate surface area is 149 Å². The van der Waals surface area contributed by atoms with Gasteiger partial charge in [0, 0.05) is 5.69 Å². The molecule has 0 bridgehead atoms. The molecule has 1 amide bonds. The van der Waals surface area contributed by atoms with Crippen molar-refractivity contribution < 1.29 is 9.53 Å². The number of nitrogens with one attached hydrogen (secondary N) is 3. The number of thiocarbonyl (C=S) groups is 1. The Bertz CT molecular complexity index is 564. The average Bonchev–Trinajstić information content (AvgIpc) is 2.40. The SMILES string of the molecule is COC(=O)N[C@@H](NC(=S)Nc1ccc(C)cc1C)C(Cl)(Cl)Cl. The van der Waals surface area contributed by atoms with Gasteiger partial charge in [-0.1, -0.05) is 52.5 Å². The Kier molecular flexibility index (Phi) is 6.99. The number of alkyl carbamates (subject to hydrolysis) is 1. The number of carbonyl (C=O) groups is 1. The number of benzene rings is 1. The van der Waals surface area contributed by atoms with Gasteiger partial charge in [0.25, 0.3) is 0 Å². The van der Waals surface area contributed by atoms with Gasteiger partial charge in [0.1, 0.15) is 0 Å². The lowest BCUT2D eigenvalue weighted by Crippen LogP contribution is -2.56. The Morgan fingerprint density at radius 3 is 2.41 bits per heavy atom. The first kappa shape index (κ1) is 19.1. The smallest absolute Gasteiger partial charge is 0.408 e. The molecule has 1 aromatic carbocycles. The van der Waals surface area contributed by atoms with E-state index in [9.17, 15) is 4.79 Å². The van der Waals surface area contributed by atoms with E-state index in [1.54, 1.807) is 0 Å². The maximum atomic E-state index is 11.3. The van der Waals surface area contributed by atoms with Gasteiger partial charge in [-0.3, -0.25) is 5.32 Å². The van der Waals surface area contributed by atoms with Crippen LogP contribution in [0.15, 0.2) is 18.2 Å². The van der Waals surface area contributed by atoms with Crippen molar-refractivity contribution >= 4 is 63.9 Å². The molecule has 0 aromatic heterocycles. The summed E-state index contributed by atoms with van der Waals surface area (Å²) in [6, 6.07) is 5.83. The number of hydrogen-bond acceptors (Lipinski definition) is 3. The van der Waals surface area contributed by atoms with Crippen molar-refractivity contribution in [3.8, 4) is 0 Å². The molecule has 0 saturated carbocycles. The van der Waals surface area contributed by atoms with Gasteiger partial charge in [-0.05, 0) is 37.7 Å². The lowest BCUT2D eigenvalue weighted by molar-refractivity contribution is 0.166. The highest BCUT2D eigenvalue weighted by molar-refractivity contribution is 7.80. The third-order valence-electron chi connectivity index (χ3n) is 2.68. The molecule has 0 saturated heterocycles. The summed E-state index contributed by atoms with van der Waals surface area (Å²) in [4.78, 5) is 11.3. The van der Waals surface area contributed by atoms with Gasteiger partial charge < -0.3 is 15.4 Å². The molecule has 0 radical (unpaired) electrons. The maximum absolute atomic E-state index is 11.3. The van der Waals surface area contributed by atoms with Gasteiger partial charge in [0.2, 0.25) is 3.79 Å². The van der Waals surface area contributed by atoms with E-state index in [0.29, 0.717) is 0 Å². The normalized spacial score (nSPS) is 12.3. The Balaban J connectivity index is 2.76. The lowest BCUT2D eigenvalue weighted by Gasteiger charge is -2.27. The van der Waals surface area contributed by atoms with E-state index in [1.807, 2.05) is 32.0 Å². The Morgan fingerprint density at radius 2 is 1.91 bits per heavy atom. The van der Waals surface area contributed by atoms with Crippen LogP contribution in [0.2, 0.25) is 0 Å². The molecule has 1 aromatic rings. The van der Waals surface area contributed by atoms with Gasteiger partial charge in [0.15, 0.2) is 11.3 Å². The summed E-state index contributed by atoms with van der Waals surface area (Å²) in [5, 5.41) is 8.25. The predicted molar refractivity (Wildman–Crippen MR) is 94.9 cm³/mol. The third-order valence-corrected chi connectivity index (χ3v) is 3.56. The number of carbonyl (C=O) groups excluding carboxylic acids is 1. The summed E-state index contributed by atoms with van der Waals surface area (Å²) in [5.41, 5.74) is 2.95. The molecule has 0 aliphatic carbocycles. The predicted octanol–water partition coefficient (Wildman–Crippen LogP) is 3.64. The van der Waals surface area contributed by atoms with Crippen LogP contribution in [0, 0.1) is 13.8 Å². The lowest BCUT2D eigenvalue weighted by atomic mass is 10.1. The quantitative estimate of drug-likeness (QED) is 0.422. The number of amides is 1. The van der Waals surface area contributed by atoms with Crippen molar-refractivity contribution in [2.45, 2.75) is 23.8 Å². The van der Waals surface area contributed by atoms with Crippen LogP contribution in [-0.2, 0) is 4.74 Å². The second-order valence-corrected chi connectivity index (χ2v) is 7.30. The zero-order chi connectivity index (χ0) is 16.9. The van der Waals surface area contributed by atoms with E-state index in [2.05, 4.69) is 20.7 Å². The molecule has 0 spiro atoms. The number of rotatable bonds is 3. The fourth-order valence-electron chi connectivity index (χ4n) is 1.62. The monoisotopic (exact) mass is 383 g/mol. The van der Waals surface area contributed by atoms with Crippen LogP contribution in [-0.4, -0.2) is 28.3 Å². The molecule has 1 atom stereocenters. The third kappa shape index (κ3) is 6.04. The number of ether oxygens (including phenoxy) is 1. The van der Waals surface area contributed by atoms with Crippen LogP contribution >= 0.6 is 47.0 Å².